The standard InChI is InChI=1S/C10H14NO.Y/c1-5-11-7-8(2)6-10(12-4)9(11)3;/h6H,3,5H2,1-2,4H3;/q-1;. The molecule has 0 unspecified atom stereocenters. The number of ether oxygens (including phenoxy) is 1. The minimum atomic E-state index is 0. The molecule has 1 radical (unpaired) electrons. The summed E-state index contributed by atoms with van der Waals surface area (Å²) in [7, 11) is 1.66. The summed E-state index contributed by atoms with van der Waals surface area (Å²) in [4.78, 5) is 1.95. The van der Waals surface area contributed by atoms with Crippen molar-refractivity contribution in [2.24, 2.45) is 0 Å². The largest absolute Gasteiger partial charge is 0.520 e. The molecule has 0 bridgehead atoms. The first-order chi connectivity index (χ1) is 5.69. The van der Waals surface area contributed by atoms with Gasteiger partial charge in [0.25, 0.3) is 0 Å². The quantitative estimate of drug-likeness (QED) is 0.698. The van der Waals surface area contributed by atoms with Gasteiger partial charge in [0.2, 0.25) is 0 Å². The molecule has 0 N–H and O–H groups in total. The van der Waals surface area contributed by atoms with Crippen molar-refractivity contribution in [2.75, 3.05) is 13.7 Å². The van der Waals surface area contributed by atoms with E-state index in [-0.39, 0.29) is 32.7 Å². The van der Waals surface area contributed by atoms with E-state index in [1.54, 1.807) is 7.11 Å². The van der Waals surface area contributed by atoms with Crippen molar-refractivity contribution in [1.29, 1.82) is 0 Å². The molecule has 1 aliphatic heterocycles. The van der Waals surface area contributed by atoms with Gasteiger partial charge < -0.3 is 9.64 Å². The molecule has 0 spiro atoms. The van der Waals surface area contributed by atoms with Gasteiger partial charge in [-0.3, -0.25) is 0 Å². The molecule has 13 heavy (non-hydrogen) atoms. The zero-order valence-electron chi connectivity index (χ0n) is 8.42. The Kier molecular flexibility index (Phi) is 5.58. The van der Waals surface area contributed by atoms with E-state index in [1.165, 1.54) is 0 Å². The molecule has 0 aromatic heterocycles. The summed E-state index contributed by atoms with van der Waals surface area (Å²) >= 11 is 0. The second-order valence-electron chi connectivity index (χ2n) is 2.70. The first-order valence-corrected chi connectivity index (χ1v) is 4.01. The SMILES string of the molecule is C=C1C(OC)=CC(C)=[C-]N1CC.[Y]. The van der Waals surface area contributed by atoms with Crippen molar-refractivity contribution in [3.8, 4) is 0 Å². The van der Waals surface area contributed by atoms with Crippen molar-refractivity contribution in [3.63, 3.8) is 0 Å². The summed E-state index contributed by atoms with van der Waals surface area (Å²) in [5, 5.41) is 0. The number of hydrogen-bond donors (Lipinski definition) is 0. The fourth-order valence-electron chi connectivity index (χ4n) is 1.17. The monoisotopic (exact) mass is 253 g/mol. The zero-order valence-corrected chi connectivity index (χ0v) is 11.3. The Bertz CT molecular complexity index is 256. The van der Waals surface area contributed by atoms with Gasteiger partial charge in [0.15, 0.2) is 0 Å². The van der Waals surface area contributed by atoms with Crippen LogP contribution in [0.25, 0.3) is 0 Å². The van der Waals surface area contributed by atoms with E-state index in [0.29, 0.717) is 0 Å². The van der Waals surface area contributed by atoms with Crippen molar-refractivity contribution in [2.45, 2.75) is 13.8 Å². The van der Waals surface area contributed by atoms with Crippen LogP contribution in [0.1, 0.15) is 13.8 Å². The van der Waals surface area contributed by atoms with Crippen LogP contribution >= 0.6 is 0 Å². The zero-order chi connectivity index (χ0) is 9.14. The van der Waals surface area contributed by atoms with Crippen LogP contribution in [0, 0.1) is 6.20 Å². The topological polar surface area (TPSA) is 12.5 Å². The average Bonchev–Trinajstić information content (AvgIpc) is 2.08. The fraction of sp³-hybridized carbons (Fsp3) is 0.400. The molecule has 0 aromatic carbocycles. The molecular formula is C10H14NOY-. The Morgan fingerprint density at radius 2 is 2.23 bits per heavy atom. The summed E-state index contributed by atoms with van der Waals surface area (Å²) in [5.41, 5.74) is 1.95. The average molecular weight is 253 g/mol. The maximum absolute atomic E-state index is 5.16. The van der Waals surface area contributed by atoms with Crippen molar-refractivity contribution < 1.29 is 37.4 Å². The molecule has 1 heterocycles. The van der Waals surface area contributed by atoms with Gasteiger partial charge in [-0.1, -0.05) is 13.1 Å². The molecule has 0 amide bonds. The van der Waals surface area contributed by atoms with Crippen LogP contribution in [-0.4, -0.2) is 18.6 Å². The molecule has 1 aliphatic rings. The molecule has 0 saturated carbocycles. The third-order valence-corrected chi connectivity index (χ3v) is 1.81. The molecule has 69 valence electrons. The van der Waals surface area contributed by atoms with Crippen molar-refractivity contribution >= 4 is 0 Å². The summed E-state index contributed by atoms with van der Waals surface area (Å²) in [6.07, 6.45) is 5.11. The van der Waals surface area contributed by atoms with Gasteiger partial charge in [-0.05, 0) is 19.2 Å². The van der Waals surface area contributed by atoms with Crippen molar-refractivity contribution in [3.05, 3.63) is 35.9 Å². The summed E-state index contributed by atoms with van der Waals surface area (Å²) in [6.45, 7) is 8.84. The van der Waals surface area contributed by atoms with Gasteiger partial charge in [0, 0.05) is 38.5 Å². The summed E-state index contributed by atoms with van der Waals surface area (Å²) in [5.74, 6) is 0.827. The molecule has 1 rings (SSSR count). The van der Waals surface area contributed by atoms with Gasteiger partial charge in [0.05, 0.1) is 7.11 Å². The van der Waals surface area contributed by atoms with Gasteiger partial charge in [0.1, 0.15) is 0 Å². The first-order valence-electron chi connectivity index (χ1n) is 4.01. The second-order valence-corrected chi connectivity index (χ2v) is 2.70. The van der Waals surface area contributed by atoms with Gasteiger partial charge in [-0.15, -0.1) is 18.2 Å². The van der Waals surface area contributed by atoms with E-state index in [0.717, 1.165) is 23.6 Å². The minimum absolute atomic E-state index is 0. The van der Waals surface area contributed by atoms with Crippen LogP contribution in [0.15, 0.2) is 29.7 Å². The first kappa shape index (κ1) is 12.9. The van der Waals surface area contributed by atoms with Crippen LogP contribution in [0.5, 0.6) is 0 Å². The van der Waals surface area contributed by atoms with Gasteiger partial charge in [-0.2, -0.15) is 0 Å². The van der Waals surface area contributed by atoms with Crippen LogP contribution in [0.2, 0.25) is 0 Å². The number of allylic oxidation sites excluding steroid dienone is 2. The van der Waals surface area contributed by atoms with Crippen LogP contribution in [0.3, 0.4) is 0 Å². The minimum Gasteiger partial charge on any atom is -0.520 e. The maximum Gasteiger partial charge on any atom is 0.0744 e. The Balaban J connectivity index is 0.00000144. The fourth-order valence-corrected chi connectivity index (χ4v) is 1.17. The van der Waals surface area contributed by atoms with E-state index < -0.39 is 0 Å². The molecule has 0 fully saturated rings. The van der Waals surface area contributed by atoms with E-state index in [1.807, 2.05) is 17.9 Å². The molecule has 0 atom stereocenters. The summed E-state index contributed by atoms with van der Waals surface area (Å²) < 4.78 is 5.16. The molecular weight excluding hydrogens is 239 g/mol. The van der Waals surface area contributed by atoms with Crippen LogP contribution in [-0.2, 0) is 37.4 Å². The number of nitrogens with zero attached hydrogens (tertiary/aromatic N) is 1. The Labute approximate surface area is 105 Å². The predicted octanol–water partition coefficient (Wildman–Crippen LogP) is 2.07. The van der Waals surface area contributed by atoms with E-state index >= 15 is 0 Å². The van der Waals surface area contributed by atoms with Crippen LogP contribution in [0.4, 0.5) is 0 Å². The third-order valence-electron chi connectivity index (χ3n) is 1.81. The number of rotatable bonds is 2. The maximum atomic E-state index is 5.16. The van der Waals surface area contributed by atoms with Crippen LogP contribution < -0.4 is 0 Å². The molecule has 3 heteroatoms. The Morgan fingerprint density at radius 1 is 1.62 bits per heavy atom. The Morgan fingerprint density at radius 3 is 2.69 bits per heavy atom. The molecule has 0 aromatic rings. The third kappa shape index (κ3) is 2.96. The number of methoxy groups -OCH3 is 1. The van der Waals surface area contributed by atoms with E-state index in [4.69, 9.17) is 4.74 Å². The van der Waals surface area contributed by atoms with Crippen molar-refractivity contribution in [1.82, 2.24) is 4.90 Å². The number of likely N-dealkylation sites (N-methyl/N-ethyl adjacent to an activating group) is 1. The molecule has 2 nitrogen and oxygen atoms in total. The van der Waals surface area contributed by atoms with Gasteiger partial charge in [-0.25, -0.2) is 0 Å². The molecule has 0 aliphatic carbocycles. The number of hydrogen-bond acceptors (Lipinski definition) is 2. The van der Waals surface area contributed by atoms with Gasteiger partial charge >= 0.3 is 0 Å². The Hall–Kier alpha value is -0.0761. The van der Waals surface area contributed by atoms with E-state index in [9.17, 15) is 0 Å². The normalized spacial score (nSPS) is 15.9. The predicted molar refractivity (Wildman–Crippen MR) is 49.0 cm³/mol. The smallest absolute Gasteiger partial charge is 0.0744 e. The molecule has 0 saturated heterocycles. The van der Waals surface area contributed by atoms with E-state index in [2.05, 4.69) is 19.7 Å². The summed E-state index contributed by atoms with van der Waals surface area (Å²) in [6, 6.07) is 0. The second kappa shape index (κ2) is 5.61.